The summed E-state index contributed by atoms with van der Waals surface area (Å²) < 4.78 is 6.58. The normalized spacial score (nSPS) is 10.5. The maximum Gasteiger partial charge on any atom is 0.381 e. The largest absolute Gasteiger partial charge is 0.475 e. The van der Waals surface area contributed by atoms with Gasteiger partial charge in [0.25, 0.3) is 0 Å². The Kier molecular flexibility index (Phi) is 2.84. The number of imidazole rings is 1. The van der Waals surface area contributed by atoms with Crippen LogP contribution in [0.25, 0.3) is 0 Å². The van der Waals surface area contributed by atoms with Crippen LogP contribution in [0.5, 0.6) is 0 Å². The Hall–Kier alpha value is -2.64. The van der Waals surface area contributed by atoms with Gasteiger partial charge >= 0.3 is 11.8 Å². The van der Waals surface area contributed by atoms with E-state index < -0.39 is 10.9 Å². The number of hydrogen-bond acceptors (Lipinski definition) is 5. The van der Waals surface area contributed by atoms with Gasteiger partial charge in [-0.05, 0) is 22.9 Å². The Morgan fingerprint density at radius 1 is 1.67 bits per heavy atom. The molecule has 0 aliphatic heterocycles. The molecule has 2 aromatic rings. The van der Waals surface area contributed by atoms with Crippen molar-refractivity contribution < 1.29 is 19.2 Å². The lowest BCUT2D eigenvalue weighted by Crippen LogP contribution is -1.96. The maximum absolute atomic E-state index is 10.8. The van der Waals surface area contributed by atoms with Crippen molar-refractivity contribution in [2.45, 2.75) is 13.5 Å². The minimum Gasteiger partial charge on any atom is -0.475 e. The third-order valence-corrected chi connectivity index (χ3v) is 2.31. The van der Waals surface area contributed by atoms with Gasteiger partial charge in [0.2, 0.25) is 12.1 Å². The fourth-order valence-corrected chi connectivity index (χ4v) is 1.55. The lowest BCUT2D eigenvalue weighted by Gasteiger charge is -1.95. The summed E-state index contributed by atoms with van der Waals surface area (Å²) >= 11 is 0. The molecule has 94 valence electrons. The van der Waals surface area contributed by atoms with Crippen molar-refractivity contribution >= 4 is 11.8 Å². The molecular weight excluding hydrogens is 242 g/mol. The molecule has 2 aromatic heterocycles. The summed E-state index contributed by atoms with van der Waals surface area (Å²) in [7, 11) is 0. The van der Waals surface area contributed by atoms with Gasteiger partial charge in [-0.3, -0.25) is 0 Å². The van der Waals surface area contributed by atoms with Gasteiger partial charge in [-0.1, -0.05) is 0 Å². The first kappa shape index (κ1) is 11.8. The zero-order valence-electron chi connectivity index (χ0n) is 9.36. The molecule has 0 atom stereocenters. The maximum atomic E-state index is 10.8. The average molecular weight is 251 g/mol. The van der Waals surface area contributed by atoms with Crippen molar-refractivity contribution in [3.05, 3.63) is 45.8 Å². The number of carboxylic acids is 1. The second-order valence-electron chi connectivity index (χ2n) is 3.69. The van der Waals surface area contributed by atoms with Crippen LogP contribution >= 0.6 is 0 Å². The lowest BCUT2D eigenvalue weighted by molar-refractivity contribution is -0.389. The fourth-order valence-electron chi connectivity index (χ4n) is 1.55. The highest BCUT2D eigenvalue weighted by atomic mass is 16.6. The van der Waals surface area contributed by atoms with E-state index in [4.69, 9.17) is 9.52 Å². The summed E-state index contributed by atoms with van der Waals surface area (Å²) in [5, 5.41) is 19.3. The number of nitrogens with zero attached hydrogens (tertiary/aromatic N) is 3. The van der Waals surface area contributed by atoms with Gasteiger partial charge in [0, 0.05) is 5.56 Å². The third kappa shape index (κ3) is 2.21. The fraction of sp³-hybridized carbons (Fsp3) is 0.200. The van der Waals surface area contributed by atoms with Crippen LogP contribution in [0.1, 0.15) is 21.9 Å². The molecule has 0 aromatic carbocycles. The highest BCUT2D eigenvalue weighted by Gasteiger charge is 2.16. The number of carbonyl (C=O) groups is 1. The zero-order valence-corrected chi connectivity index (χ0v) is 9.36. The number of nitro groups is 1. The number of rotatable bonds is 4. The molecule has 2 heterocycles. The highest BCUT2D eigenvalue weighted by molar-refractivity contribution is 5.86. The van der Waals surface area contributed by atoms with Gasteiger partial charge in [0.05, 0.1) is 6.54 Å². The predicted octanol–water partition coefficient (Wildman–Crippen LogP) is 1.44. The van der Waals surface area contributed by atoms with E-state index in [1.54, 1.807) is 13.0 Å². The number of aromatic carboxylic acids is 1. The Morgan fingerprint density at radius 3 is 2.89 bits per heavy atom. The number of furan rings is 1. The van der Waals surface area contributed by atoms with Crippen molar-refractivity contribution in [3.63, 3.8) is 0 Å². The van der Waals surface area contributed by atoms with Gasteiger partial charge in [0.15, 0.2) is 0 Å². The van der Waals surface area contributed by atoms with E-state index in [-0.39, 0.29) is 18.1 Å². The van der Waals surface area contributed by atoms with Crippen LogP contribution in [0.2, 0.25) is 0 Å². The summed E-state index contributed by atoms with van der Waals surface area (Å²) in [6.07, 6.45) is 2.54. The van der Waals surface area contributed by atoms with E-state index in [2.05, 4.69) is 4.98 Å². The first-order chi connectivity index (χ1) is 8.47. The molecule has 0 fully saturated rings. The van der Waals surface area contributed by atoms with Crippen LogP contribution in [-0.2, 0) is 6.54 Å². The monoisotopic (exact) mass is 251 g/mol. The molecule has 0 saturated carbocycles. The molecule has 0 unspecified atom stereocenters. The van der Waals surface area contributed by atoms with Crippen molar-refractivity contribution in [2.75, 3.05) is 0 Å². The quantitative estimate of drug-likeness (QED) is 0.650. The topological polar surface area (TPSA) is 111 Å². The molecule has 0 amide bonds. The SMILES string of the molecule is Cc1cc(Cn2cnc([N+](=O)[O-])c2)oc1C(=O)O. The van der Waals surface area contributed by atoms with Gasteiger partial charge in [-0.25, -0.2) is 4.79 Å². The molecule has 8 heteroatoms. The number of carboxylic acid groups (broad SMARTS) is 1. The lowest BCUT2D eigenvalue weighted by atomic mass is 10.2. The molecule has 2 rings (SSSR count). The van der Waals surface area contributed by atoms with E-state index >= 15 is 0 Å². The predicted molar refractivity (Wildman–Crippen MR) is 58.4 cm³/mol. The Bertz CT molecular complexity index is 613. The molecular formula is C10H9N3O5. The van der Waals surface area contributed by atoms with E-state index in [9.17, 15) is 14.9 Å². The molecule has 8 nitrogen and oxygen atoms in total. The van der Waals surface area contributed by atoms with Crippen LogP contribution in [-0.4, -0.2) is 25.6 Å². The molecule has 0 aliphatic carbocycles. The number of hydrogen-bond donors (Lipinski definition) is 1. The van der Waals surface area contributed by atoms with E-state index in [0.717, 1.165) is 0 Å². The van der Waals surface area contributed by atoms with Gasteiger partial charge < -0.3 is 24.2 Å². The summed E-state index contributed by atoms with van der Waals surface area (Å²) in [6.45, 7) is 1.81. The van der Waals surface area contributed by atoms with Crippen molar-refractivity contribution in [2.24, 2.45) is 0 Å². The Morgan fingerprint density at radius 2 is 2.39 bits per heavy atom. The summed E-state index contributed by atoms with van der Waals surface area (Å²) in [4.78, 5) is 24.2. The van der Waals surface area contributed by atoms with Crippen LogP contribution in [0.3, 0.4) is 0 Å². The summed E-state index contributed by atoms with van der Waals surface area (Å²) in [5.41, 5.74) is 0.507. The Balaban J connectivity index is 2.20. The molecule has 0 spiro atoms. The smallest absolute Gasteiger partial charge is 0.381 e. The van der Waals surface area contributed by atoms with E-state index in [0.29, 0.717) is 11.3 Å². The second-order valence-corrected chi connectivity index (χ2v) is 3.69. The minimum atomic E-state index is -1.14. The van der Waals surface area contributed by atoms with E-state index in [1.165, 1.54) is 17.1 Å². The molecule has 0 saturated heterocycles. The summed E-state index contributed by atoms with van der Waals surface area (Å²) in [6, 6.07) is 1.58. The zero-order chi connectivity index (χ0) is 13.3. The molecule has 0 aliphatic rings. The molecule has 0 bridgehead atoms. The highest BCUT2D eigenvalue weighted by Crippen LogP contribution is 2.16. The van der Waals surface area contributed by atoms with Gasteiger partial charge in [-0.15, -0.1) is 0 Å². The second kappa shape index (κ2) is 4.32. The molecule has 0 radical (unpaired) electrons. The van der Waals surface area contributed by atoms with Gasteiger partial charge in [-0.2, -0.15) is 0 Å². The number of aromatic nitrogens is 2. The van der Waals surface area contributed by atoms with Gasteiger partial charge in [0.1, 0.15) is 12.0 Å². The molecule has 18 heavy (non-hydrogen) atoms. The van der Waals surface area contributed by atoms with E-state index in [1.807, 2.05) is 0 Å². The first-order valence-electron chi connectivity index (χ1n) is 4.96. The standard InChI is InChI=1S/C10H9N3O5/c1-6-2-7(18-9(6)10(14)15)3-12-4-8(11-5-12)13(16)17/h2,4-5H,3H2,1H3,(H,14,15). The summed E-state index contributed by atoms with van der Waals surface area (Å²) in [5.74, 6) is -1.14. The van der Waals surface area contributed by atoms with Crippen LogP contribution < -0.4 is 0 Å². The third-order valence-electron chi connectivity index (χ3n) is 2.31. The minimum absolute atomic E-state index is 0.125. The van der Waals surface area contributed by atoms with Crippen LogP contribution in [0.15, 0.2) is 23.0 Å². The van der Waals surface area contributed by atoms with Crippen molar-refractivity contribution in [3.8, 4) is 0 Å². The van der Waals surface area contributed by atoms with Crippen molar-refractivity contribution in [1.82, 2.24) is 9.55 Å². The number of aryl methyl sites for hydroxylation is 1. The van der Waals surface area contributed by atoms with Crippen molar-refractivity contribution in [1.29, 1.82) is 0 Å². The first-order valence-corrected chi connectivity index (χ1v) is 4.96. The van der Waals surface area contributed by atoms with Crippen LogP contribution in [0, 0.1) is 17.0 Å². The average Bonchev–Trinajstić information content (AvgIpc) is 2.86. The Labute approximate surface area is 101 Å². The molecule has 1 N–H and O–H groups in total. The van der Waals surface area contributed by atoms with Crippen LogP contribution in [0.4, 0.5) is 5.82 Å².